The van der Waals surface area contributed by atoms with Crippen LogP contribution in [-0.4, -0.2) is 9.97 Å². The first-order chi connectivity index (χ1) is 12.2. The molecule has 2 aromatic rings. The fourth-order valence-electron chi connectivity index (χ4n) is 3.20. The van der Waals surface area contributed by atoms with Gasteiger partial charge < -0.3 is 0 Å². The maximum absolute atomic E-state index is 4.75. The molecule has 0 bridgehead atoms. The smallest absolute Gasteiger partial charge is 0.159 e. The lowest BCUT2D eigenvalue weighted by atomic mass is 10.0. The van der Waals surface area contributed by atoms with Crippen molar-refractivity contribution in [1.29, 1.82) is 0 Å². The van der Waals surface area contributed by atoms with Crippen LogP contribution in [0.15, 0.2) is 30.5 Å². The summed E-state index contributed by atoms with van der Waals surface area (Å²) in [6, 6.07) is 8.81. The van der Waals surface area contributed by atoms with E-state index in [1.54, 1.807) is 0 Å². The van der Waals surface area contributed by atoms with E-state index in [2.05, 4.69) is 50.0 Å². The summed E-state index contributed by atoms with van der Waals surface area (Å²) in [6.07, 6.45) is 14.7. The lowest BCUT2D eigenvalue weighted by Gasteiger charge is -2.08. The van der Waals surface area contributed by atoms with Gasteiger partial charge in [-0.15, -0.1) is 0 Å². The molecule has 0 atom stereocenters. The normalized spacial score (nSPS) is 11.0. The summed E-state index contributed by atoms with van der Waals surface area (Å²) in [5, 5.41) is 0. The zero-order valence-electron chi connectivity index (χ0n) is 16.4. The standard InChI is InChI=1S/C23H34N2/c1-4-6-8-10-12-20-14-16-21(17-15-20)23-24-18-22(19(3)25-23)13-11-9-7-5-2/h14-18H,4-13H2,1-3H3. The molecule has 2 nitrogen and oxygen atoms in total. The Morgan fingerprint density at radius 3 is 2.00 bits per heavy atom. The van der Waals surface area contributed by atoms with Crippen molar-refractivity contribution in [1.82, 2.24) is 9.97 Å². The van der Waals surface area contributed by atoms with E-state index in [9.17, 15) is 0 Å². The maximum Gasteiger partial charge on any atom is 0.159 e. The van der Waals surface area contributed by atoms with E-state index in [0.717, 1.165) is 23.5 Å². The van der Waals surface area contributed by atoms with Gasteiger partial charge in [-0.2, -0.15) is 0 Å². The van der Waals surface area contributed by atoms with Crippen LogP contribution in [0.2, 0.25) is 0 Å². The quantitative estimate of drug-likeness (QED) is 0.426. The molecule has 0 amide bonds. The molecule has 0 aliphatic heterocycles. The highest BCUT2D eigenvalue weighted by Crippen LogP contribution is 2.19. The molecule has 0 saturated heterocycles. The molecule has 1 heterocycles. The molecule has 0 radical (unpaired) electrons. The van der Waals surface area contributed by atoms with Crippen LogP contribution in [0.5, 0.6) is 0 Å². The van der Waals surface area contributed by atoms with Crippen molar-refractivity contribution in [3.8, 4) is 11.4 Å². The second-order valence-electron chi connectivity index (χ2n) is 7.12. The van der Waals surface area contributed by atoms with Crippen molar-refractivity contribution >= 4 is 0 Å². The second-order valence-corrected chi connectivity index (χ2v) is 7.12. The number of aryl methyl sites for hydroxylation is 3. The Morgan fingerprint density at radius 2 is 1.40 bits per heavy atom. The molecule has 2 rings (SSSR count). The minimum atomic E-state index is 0.854. The fraction of sp³-hybridized carbons (Fsp3) is 0.565. The van der Waals surface area contributed by atoms with Crippen molar-refractivity contribution in [2.75, 3.05) is 0 Å². The lowest BCUT2D eigenvalue weighted by Crippen LogP contribution is -1.98. The lowest BCUT2D eigenvalue weighted by molar-refractivity contribution is 0.663. The monoisotopic (exact) mass is 338 g/mol. The van der Waals surface area contributed by atoms with Gasteiger partial charge in [0.15, 0.2) is 5.82 Å². The predicted octanol–water partition coefficient (Wildman–Crippen LogP) is 6.70. The van der Waals surface area contributed by atoms with Crippen LogP contribution in [0, 0.1) is 6.92 Å². The number of nitrogens with zero attached hydrogens (tertiary/aromatic N) is 2. The van der Waals surface area contributed by atoms with E-state index in [1.165, 1.54) is 68.9 Å². The fourth-order valence-corrected chi connectivity index (χ4v) is 3.20. The summed E-state index contributed by atoms with van der Waals surface area (Å²) in [6.45, 7) is 6.62. The molecular formula is C23H34N2. The molecule has 1 aromatic heterocycles. The Hall–Kier alpha value is -1.70. The molecule has 0 aliphatic carbocycles. The SMILES string of the molecule is CCCCCCc1ccc(-c2ncc(CCCCCC)c(C)n2)cc1. The van der Waals surface area contributed by atoms with Gasteiger partial charge in [-0.1, -0.05) is 76.6 Å². The van der Waals surface area contributed by atoms with Crippen molar-refractivity contribution in [3.05, 3.63) is 47.3 Å². The van der Waals surface area contributed by atoms with E-state index < -0.39 is 0 Å². The van der Waals surface area contributed by atoms with Crippen LogP contribution in [0.25, 0.3) is 11.4 Å². The Balaban J connectivity index is 1.93. The van der Waals surface area contributed by atoms with Crippen LogP contribution in [0.4, 0.5) is 0 Å². The zero-order valence-corrected chi connectivity index (χ0v) is 16.4. The summed E-state index contributed by atoms with van der Waals surface area (Å²) in [7, 11) is 0. The first kappa shape index (κ1) is 19.6. The van der Waals surface area contributed by atoms with Crippen LogP contribution in [0.1, 0.15) is 82.0 Å². The molecule has 0 unspecified atom stereocenters. The van der Waals surface area contributed by atoms with E-state index in [4.69, 9.17) is 4.98 Å². The number of hydrogen-bond acceptors (Lipinski definition) is 2. The molecule has 25 heavy (non-hydrogen) atoms. The molecule has 0 spiro atoms. The molecular weight excluding hydrogens is 304 g/mol. The molecule has 0 fully saturated rings. The van der Waals surface area contributed by atoms with E-state index >= 15 is 0 Å². The average Bonchev–Trinajstić information content (AvgIpc) is 2.64. The highest BCUT2D eigenvalue weighted by atomic mass is 14.9. The van der Waals surface area contributed by atoms with Gasteiger partial charge in [0.25, 0.3) is 0 Å². The Bertz CT molecular complexity index is 616. The van der Waals surface area contributed by atoms with E-state index in [1.807, 2.05) is 6.20 Å². The molecule has 136 valence electrons. The summed E-state index contributed by atoms with van der Waals surface area (Å²) < 4.78 is 0. The molecule has 0 aliphatic rings. The van der Waals surface area contributed by atoms with E-state index in [0.29, 0.717) is 0 Å². The second kappa shape index (κ2) is 11.0. The highest BCUT2D eigenvalue weighted by molar-refractivity contribution is 5.55. The first-order valence-electron chi connectivity index (χ1n) is 10.2. The Morgan fingerprint density at radius 1 is 0.760 bits per heavy atom. The summed E-state index contributed by atoms with van der Waals surface area (Å²) in [4.78, 5) is 9.36. The number of unbranched alkanes of at least 4 members (excludes halogenated alkanes) is 6. The summed E-state index contributed by atoms with van der Waals surface area (Å²) >= 11 is 0. The predicted molar refractivity (Wildman–Crippen MR) is 108 cm³/mol. The van der Waals surface area contributed by atoms with Gasteiger partial charge in [0.1, 0.15) is 0 Å². The third-order valence-corrected chi connectivity index (χ3v) is 4.91. The highest BCUT2D eigenvalue weighted by Gasteiger charge is 2.06. The minimum absolute atomic E-state index is 0.854. The zero-order chi connectivity index (χ0) is 17.9. The topological polar surface area (TPSA) is 25.8 Å². The number of benzene rings is 1. The molecule has 2 heteroatoms. The molecule has 0 N–H and O–H groups in total. The van der Waals surface area contributed by atoms with Gasteiger partial charge in [-0.3, -0.25) is 0 Å². The summed E-state index contributed by atoms with van der Waals surface area (Å²) in [5.41, 5.74) is 4.97. The van der Waals surface area contributed by atoms with Gasteiger partial charge in [0, 0.05) is 17.5 Å². The van der Waals surface area contributed by atoms with Crippen LogP contribution in [0.3, 0.4) is 0 Å². The van der Waals surface area contributed by atoms with E-state index in [-0.39, 0.29) is 0 Å². The van der Waals surface area contributed by atoms with Crippen molar-refractivity contribution < 1.29 is 0 Å². The minimum Gasteiger partial charge on any atom is -0.236 e. The van der Waals surface area contributed by atoms with Gasteiger partial charge in [-0.25, -0.2) is 9.97 Å². The van der Waals surface area contributed by atoms with Crippen LogP contribution >= 0.6 is 0 Å². The van der Waals surface area contributed by atoms with Gasteiger partial charge in [0.05, 0.1) is 0 Å². The van der Waals surface area contributed by atoms with Gasteiger partial charge in [0.2, 0.25) is 0 Å². The number of hydrogen-bond donors (Lipinski definition) is 0. The first-order valence-corrected chi connectivity index (χ1v) is 10.2. The Labute approximate surface area is 154 Å². The maximum atomic E-state index is 4.75. The number of rotatable bonds is 11. The van der Waals surface area contributed by atoms with Crippen molar-refractivity contribution in [3.63, 3.8) is 0 Å². The molecule has 1 aromatic carbocycles. The van der Waals surface area contributed by atoms with Crippen molar-refractivity contribution in [2.45, 2.75) is 85.0 Å². The number of aromatic nitrogens is 2. The van der Waals surface area contributed by atoms with Gasteiger partial charge >= 0.3 is 0 Å². The van der Waals surface area contributed by atoms with Crippen molar-refractivity contribution in [2.24, 2.45) is 0 Å². The molecule has 0 saturated carbocycles. The average molecular weight is 339 g/mol. The largest absolute Gasteiger partial charge is 0.236 e. The third-order valence-electron chi connectivity index (χ3n) is 4.91. The van der Waals surface area contributed by atoms with Crippen LogP contribution < -0.4 is 0 Å². The third kappa shape index (κ3) is 6.61. The van der Waals surface area contributed by atoms with Crippen LogP contribution in [-0.2, 0) is 12.8 Å². The Kier molecular flexibility index (Phi) is 8.65. The summed E-state index contributed by atoms with van der Waals surface area (Å²) in [5.74, 6) is 0.854. The van der Waals surface area contributed by atoms with Gasteiger partial charge in [-0.05, 0) is 43.7 Å².